The zero-order chi connectivity index (χ0) is 27.4. The lowest BCUT2D eigenvalue weighted by atomic mass is 10.1. The van der Waals surface area contributed by atoms with Gasteiger partial charge in [-0.2, -0.15) is 0 Å². The van der Waals surface area contributed by atoms with Crippen molar-refractivity contribution in [2.75, 3.05) is 13.1 Å². The van der Waals surface area contributed by atoms with E-state index < -0.39 is 54.3 Å². The Balaban J connectivity index is 2.17. The Kier molecular flexibility index (Phi) is 11.3. The standard InChI is InChI=1S/C21H33N9O7/c22-21(23)26-6-2-4-13(18(34)30-15(20(36)37)8-16(31)32)28-19(35)14(7-11-9-24-10-27-11)29-17(33)12-3-1-5-25-12/h9-10,12-15,25H,1-8H2,(H,24,27)(H,28,35)(H,29,33)(H,30,34)(H,31,32)(H,36,37)(H4,22,23,26). The van der Waals surface area contributed by atoms with Gasteiger partial charge in [0, 0.05) is 24.9 Å². The number of imidazole rings is 1. The molecule has 2 rings (SSSR count). The second-order valence-electron chi connectivity index (χ2n) is 8.50. The van der Waals surface area contributed by atoms with Crippen LogP contribution in [0.4, 0.5) is 0 Å². The number of guanidine groups is 1. The summed E-state index contributed by atoms with van der Waals surface area (Å²) in [7, 11) is 0. The van der Waals surface area contributed by atoms with Gasteiger partial charge in [-0.15, -0.1) is 0 Å². The average molecular weight is 524 g/mol. The maximum atomic E-state index is 13.2. The van der Waals surface area contributed by atoms with Gasteiger partial charge in [-0.25, -0.2) is 9.78 Å². The van der Waals surface area contributed by atoms with Crippen LogP contribution in [-0.2, 0) is 30.4 Å². The van der Waals surface area contributed by atoms with E-state index in [1.165, 1.54) is 12.5 Å². The van der Waals surface area contributed by atoms with Crippen LogP contribution in [0, 0.1) is 0 Å². The van der Waals surface area contributed by atoms with E-state index in [0.717, 1.165) is 6.42 Å². The number of aliphatic carboxylic acids is 2. The molecule has 0 radical (unpaired) electrons. The van der Waals surface area contributed by atoms with E-state index in [1.807, 2.05) is 0 Å². The fourth-order valence-corrected chi connectivity index (χ4v) is 3.70. The molecule has 0 aromatic carbocycles. The highest BCUT2D eigenvalue weighted by Gasteiger charge is 2.32. The number of carbonyl (C=O) groups excluding carboxylic acids is 3. The van der Waals surface area contributed by atoms with Gasteiger partial charge >= 0.3 is 11.9 Å². The van der Waals surface area contributed by atoms with E-state index in [1.54, 1.807) is 0 Å². The molecule has 1 aliphatic rings. The summed E-state index contributed by atoms with van der Waals surface area (Å²) in [4.78, 5) is 71.8. The molecule has 1 aliphatic heterocycles. The highest BCUT2D eigenvalue weighted by Crippen LogP contribution is 2.08. The van der Waals surface area contributed by atoms with Crippen LogP contribution in [0.2, 0.25) is 0 Å². The van der Waals surface area contributed by atoms with Crippen molar-refractivity contribution in [3.05, 3.63) is 18.2 Å². The fraction of sp³-hybridized carbons (Fsp3) is 0.571. The minimum atomic E-state index is -1.71. The number of carbonyl (C=O) groups is 5. The predicted octanol–water partition coefficient (Wildman–Crippen LogP) is -3.23. The molecule has 1 aromatic rings. The van der Waals surface area contributed by atoms with E-state index in [9.17, 15) is 29.1 Å². The van der Waals surface area contributed by atoms with E-state index >= 15 is 0 Å². The molecule has 37 heavy (non-hydrogen) atoms. The molecular weight excluding hydrogens is 490 g/mol. The summed E-state index contributed by atoms with van der Waals surface area (Å²) >= 11 is 0. The lowest BCUT2D eigenvalue weighted by molar-refractivity contribution is -0.147. The quantitative estimate of drug-likeness (QED) is 0.0626. The minimum Gasteiger partial charge on any atom is -0.481 e. The minimum absolute atomic E-state index is 0.00265. The van der Waals surface area contributed by atoms with Crippen LogP contribution in [0.5, 0.6) is 0 Å². The van der Waals surface area contributed by atoms with E-state index in [0.29, 0.717) is 18.7 Å². The van der Waals surface area contributed by atoms with Crippen LogP contribution in [0.1, 0.15) is 37.8 Å². The first-order chi connectivity index (χ1) is 17.6. The van der Waals surface area contributed by atoms with E-state index in [-0.39, 0.29) is 37.7 Å². The normalized spacial score (nSPS) is 17.1. The Morgan fingerprint density at radius 1 is 1.08 bits per heavy atom. The summed E-state index contributed by atoms with van der Waals surface area (Å²) in [5.74, 6) is -5.12. The van der Waals surface area contributed by atoms with E-state index in [2.05, 4.69) is 36.2 Å². The zero-order valence-corrected chi connectivity index (χ0v) is 20.1. The predicted molar refractivity (Wildman–Crippen MR) is 129 cm³/mol. The number of amides is 3. The van der Waals surface area contributed by atoms with Gasteiger partial charge in [0.1, 0.15) is 18.1 Å². The van der Waals surface area contributed by atoms with Crippen molar-refractivity contribution >= 4 is 35.6 Å². The highest BCUT2D eigenvalue weighted by atomic mass is 16.4. The zero-order valence-electron chi connectivity index (χ0n) is 20.1. The Bertz CT molecular complexity index is 973. The number of nitrogens with zero attached hydrogens (tertiary/aromatic N) is 2. The molecule has 1 saturated heterocycles. The lowest BCUT2D eigenvalue weighted by Gasteiger charge is -2.25. The molecule has 0 bridgehead atoms. The largest absolute Gasteiger partial charge is 0.481 e. The number of hydrogen-bond donors (Lipinski definition) is 9. The van der Waals surface area contributed by atoms with Crippen LogP contribution in [0.25, 0.3) is 0 Å². The van der Waals surface area contributed by atoms with Crippen molar-refractivity contribution in [3.8, 4) is 0 Å². The van der Waals surface area contributed by atoms with Gasteiger partial charge in [0.2, 0.25) is 17.7 Å². The number of aliphatic imine (C=N–C) groups is 1. The van der Waals surface area contributed by atoms with Crippen LogP contribution < -0.4 is 32.7 Å². The summed E-state index contributed by atoms with van der Waals surface area (Å²) in [5.41, 5.74) is 11.2. The van der Waals surface area contributed by atoms with Gasteiger partial charge in [0.05, 0.1) is 18.8 Å². The molecular formula is C21H33N9O7. The fourth-order valence-electron chi connectivity index (χ4n) is 3.70. The number of hydrogen-bond acceptors (Lipinski definition) is 8. The maximum absolute atomic E-state index is 13.2. The Morgan fingerprint density at radius 2 is 1.78 bits per heavy atom. The maximum Gasteiger partial charge on any atom is 0.326 e. The summed E-state index contributed by atoms with van der Waals surface area (Å²) in [6.07, 6.45) is 3.75. The first-order valence-electron chi connectivity index (χ1n) is 11.7. The van der Waals surface area contributed by atoms with Gasteiger partial charge in [-0.3, -0.25) is 24.2 Å². The van der Waals surface area contributed by atoms with Crippen molar-refractivity contribution in [3.63, 3.8) is 0 Å². The molecule has 204 valence electrons. The second-order valence-corrected chi connectivity index (χ2v) is 8.50. The van der Waals surface area contributed by atoms with Crippen LogP contribution in [0.15, 0.2) is 17.5 Å². The molecule has 3 amide bonds. The molecule has 1 fully saturated rings. The number of H-pyrrole nitrogens is 1. The Hall–Kier alpha value is -4.21. The molecule has 16 nitrogen and oxygen atoms in total. The first-order valence-corrected chi connectivity index (χ1v) is 11.7. The van der Waals surface area contributed by atoms with Gasteiger partial charge in [-0.05, 0) is 32.2 Å². The van der Waals surface area contributed by atoms with Crippen molar-refractivity contribution < 1.29 is 34.2 Å². The van der Waals surface area contributed by atoms with Gasteiger partial charge in [-0.1, -0.05) is 0 Å². The summed E-state index contributed by atoms with van der Waals surface area (Å²) in [6, 6.07) is -4.51. The molecule has 4 unspecified atom stereocenters. The molecule has 0 saturated carbocycles. The van der Waals surface area contributed by atoms with Crippen molar-refractivity contribution in [1.82, 2.24) is 31.2 Å². The lowest BCUT2D eigenvalue weighted by Crippen LogP contribution is -2.57. The van der Waals surface area contributed by atoms with Gasteiger partial charge in [0.15, 0.2) is 5.96 Å². The number of aromatic amines is 1. The summed E-state index contributed by atoms with van der Waals surface area (Å²) in [6.45, 7) is 0.801. The van der Waals surface area contributed by atoms with Crippen molar-refractivity contribution in [1.29, 1.82) is 0 Å². The van der Waals surface area contributed by atoms with Crippen LogP contribution >= 0.6 is 0 Å². The smallest absolute Gasteiger partial charge is 0.326 e. The molecule has 2 heterocycles. The highest BCUT2D eigenvalue weighted by molar-refractivity contribution is 5.94. The SMILES string of the molecule is NC(N)=NCCCC(NC(=O)C(Cc1cnc[nH]1)NC(=O)C1CCCN1)C(=O)NC(CC(=O)O)C(=O)O. The van der Waals surface area contributed by atoms with Crippen LogP contribution in [-0.4, -0.2) is 93.1 Å². The van der Waals surface area contributed by atoms with Crippen molar-refractivity contribution in [2.24, 2.45) is 16.5 Å². The van der Waals surface area contributed by atoms with Crippen molar-refractivity contribution in [2.45, 2.75) is 62.7 Å². The second kappa shape index (κ2) is 14.4. The molecule has 0 aliphatic carbocycles. The Labute approximate surface area is 212 Å². The third-order valence-electron chi connectivity index (χ3n) is 5.56. The number of carboxylic acid groups (broad SMARTS) is 2. The third kappa shape index (κ3) is 10.1. The summed E-state index contributed by atoms with van der Waals surface area (Å²) in [5, 5.41) is 28.6. The Morgan fingerprint density at radius 3 is 2.35 bits per heavy atom. The molecule has 11 N–H and O–H groups in total. The third-order valence-corrected chi connectivity index (χ3v) is 5.56. The van der Waals surface area contributed by atoms with Crippen LogP contribution in [0.3, 0.4) is 0 Å². The monoisotopic (exact) mass is 523 g/mol. The van der Waals surface area contributed by atoms with E-state index in [4.69, 9.17) is 16.6 Å². The molecule has 0 spiro atoms. The topological polar surface area (TPSA) is 267 Å². The first kappa shape index (κ1) is 29.0. The number of carboxylic acids is 2. The van der Waals surface area contributed by atoms with Gasteiger partial charge < -0.3 is 47.9 Å². The molecule has 16 heteroatoms. The number of rotatable bonds is 15. The molecule has 1 aromatic heterocycles. The summed E-state index contributed by atoms with van der Waals surface area (Å²) < 4.78 is 0. The average Bonchev–Trinajstić information content (AvgIpc) is 3.54. The number of nitrogens with two attached hydrogens (primary N) is 2. The van der Waals surface area contributed by atoms with Gasteiger partial charge in [0.25, 0.3) is 0 Å². The number of aromatic nitrogens is 2. The molecule has 4 atom stereocenters. The number of nitrogens with one attached hydrogen (secondary N) is 5.